The van der Waals surface area contributed by atoms with Gasteiger partial charge in [0.05, 0.1) is 12.6 Å². The maximum Gasteiger partial charge on any atom is 0.119 e. The Kier molecular flexibility index (Phi) is 4.51. The Labute approximate surface area is 128 Å². The molecule has 1 heterocycles. The smallest absolute Gasteiger partial charge is 0.119 e. The molecule has 1 aromatic rings. The number of methoxy groups -OCH3 is 1. The van der Waals surface area contributed by atoms with Crippen LogP contribution in [0.15, 0.2) is 18.2 Å². The number of likely N-dealkylation sites (tertiary alicyclic amines) is 1. The van der Waals surface area contributed by atoms with Crippen LogP contribution in [0, 0.1) is 0 Å². The molecule has 1 aliphatic heterocycles. The molecule has 1 unspecified atom stereocenters. The average Bonchev–Trinajstić information content (AvgIpc) is 2.83. The van der Waals surface area contributed by atoms with Crippen LogP contribution in [0.3, 0.4) is 0 Å². The van der Waals surface area contributed by atoms with Crippen LogP contribution in [0.1, 0.15) is 49.7 Å². The number of nitrogens with two attached hydrogens (primary N) is 1. The molecule has 2 N–H and O–H groups in total. The molecule has 2 aliphatic rings. The summed E-state index contributed by atoms with van der Waals surface area (Å²) in [4.78, 5) is 2.68. The lowest BCUT2D eigenvalue weighted by molar-refractivity contribution is 0.0774. The summed E-state index contributed by atoms with van der Waals surface area (Å²) in [6, 6.07) is 6.58. The minimum absolute atomic E-state index is 0.0342. The van der Waals surface area contributed by atoms with Crippen LogP contribution in [0.5, 0.6) is 5.75 Å². The molecule has 0 spiro atoms. The summed E-state index contributed by atoms with van der Waals surface area (Å²) < 4.78 is 5.47. The molecule has 1 aliphatic carbocycles. The van der Waals surface area contributed by atoms with E-state index in [1.165, 1.54) is 69.2 Å². The topological polar surface area (TPSA) is 38.5 Å². The zero-order valence-electron chi connectivity index (χ0n) is 13.2. The summed E-state index contributed by atoms with van der Waals surface area (Å²) in [6.07, 6.45) is 8.94. The maximum atomic E-state index is 6.34. The molecule has 3 nitrogen and oxygen atoms in total. The van der Waals surface area contributed by atoms with Crippen molar-refractivity contribution in [2.45, 2.75) is 50.5 Å². The van der Waals surface area contributed by atoms with E-state index in [0.29, 0.717) is 6.54 Å². The van der Waals surface area contributed by atoms with E-state index < -0.39 is 0 Å². The Balaban J connectivity index is 2.02. The maximum absolute atomic E-state index is 6.34. The standard InChI is InChI=1S/C18H28N2O/c1-21-16-9-8-15-7-6-10-18(14-19,17(15)13-16)20-11-4-2-3-5-12-20/h8-9,13H,2-7,10-12,14,19H2,1H3. The van der Waals surface area contributed by atoms with Crippen molar-refractivity contribution in [3.8, 4) is 5.75 Å². The van der Waals surface area contributed by atoms with Gasteiger partial charge in [-0.15, -0.1) is 0 Å². The lowest BCUT2D eigenvalue weighted by atomic mass is 9.75. The predicted molar refractivity (Wildman–Crippen MR) is 86.7 cm³/mol. The second-order valence-electron chi connectivity index (χ2n) is 6.51. The monoisotopic (exact) mass is 288 g/mol. The quantitative estimate of drug-likeness (QED) is 0.929. The van der Waals surface area contributed by atoms with E-state index in [-0.39, 0.29) is 5.54 Å². The van der Waals surface area contributed by atoms with Crippen molar-refractivity contribution in [3.05, 3.63) is 29.3 Å². The van der Waals surface area contributed by atoms with Gasteiger partial charge in [0.15, 0.2) is 0 Å². The van der Waals surface area contributed by atoms with E-state index in [1.807, 2.05) is 0 Å². The van der Waals surface area contributed by atoms with Gasteiger partial charge in [-0.1, -0.05) is 18.9 Å². The first-order valence-corrected chi connectivity index (χ1v) is 8.43. The number of hydrogen-bond acceptors (Lipinski definition) is 3. The highest BCUT2D eigenvalue weighted by Gasteiger charge is 2.40. The predicted octanol–water partition coefficient (Wildman–Crippen LogP) is 3.06. The fourth-order valence-electron chi connectivity index (χ4n) is 4.21. The molecule has 1 atom stereocenters. The normalized spacial score (nSPS) is 27.0. The third kappa shape index (κ3) is 2.69. The summed E-state index contributed by atoms with van der Waals surface area (Å²) in [5.74, 6) is 0.961. The second kappa shape index (κ2) is 6.37. The van der Waals surface area contributed by atoms with Crippen LogP contribution in [-0.2, 0) is 12.0 Å². The minimum atomic E-state index is 0.0342. The van der Waals surface area contributed by atoms with Crippen LogP contribution in [0.2, 0.25) is 0 Å². The molecule has 1 aromatic carbocycles. The van der Waals surface area contributed by atoms with Crippen LogP contribution >= 0.6 is 0 Å². The van der Waals surface area contributed by atoms with Gasteiger partial charge in [-0.3, -0.25) is 4.90 Å². The Morgan fingerprint density at radius 2 is 1.90 bits per heavy atom. The molecule has 21 heavy (non-hydrogen) atoms. The molecule has 0 amide bonds. The first kappa shape index (κ1) is 14.9. The van der Waals surface area contributed by atoms with Crippen molar-refractivity contribution in [2.24, 2.45) is 5.73 Å². The molecule has 0 radical (unpaired) electrons. The van der Waals surface area contributed by atoms with E-state index in [2.05, 4.69) is 23.1 Å². The Bertz CT molecular complexity index is 480. The molecule has 0 saturated carbocycles. The number of rotatable bonds is 3. The van der Waals surface area contributed by atoms with Gasteiger partial charge in [0.25, 0.3) is 0 Å². The van der Waals surface area contributed by atoms with Gasteiger partial charge in [0, 0.05) is 6.54 Å². The van der Waals surface area contributed by atoms with Gasteiger partial charge in [-0.2, -0.15) is 0 Å². The van der Waals surface area contributed by atoms with Gasteiger partial charge in [-0.25, -0.2) is 0 Å². The van der Waals surface area contributed by atoms with Crippen LogP contribution < -0.4 is 10.5 Å². The van der Waals surface area contributed by atoms with Gasteiger partial charge in [-0.05, 0) is 68.5 Å². The third-order valence-electron chi connectivity index (χ3n) is 5.40. The molecule has 1 saturated heterocycles. The van der Waals surface area contributed by atoms with Gasteiger partial charge < -0.3 is 10.5 Å². The van der Waals surface area contributed by atoms with Crippen molar-refractivity contribution in [1.82, 2.24) is 4.90 Å². The molecule has 0 bridgehead atoms. The van der Waals surface area contributed by atoms with Crippen molar-refractivity contribution in [1.29, 1.82) is 0 Å². The molecular weight excluding hydrogens is 260 g/mol. The van der Waals surface area contributed by atoms with E-state index in [0.717, 1.165) is 5.75 Å². The SMILES string of the molecule is COc1ccc2c(c1)C(CN)(N1CCCCCC1)CCC2. The number of ether oxygens (including phenoxy) is 1. The molecule has 3 rings (SSSR count). The lowest BCUT2D eigenvalue weighted by Gasteiger charge is -2.47. The molecule has 0 aromatic heterocycles. The summed E-state index contributed by atoms with van der Waals surface area (Å²) in [5.41, 5.74) is 9.28. The fraction of sp³-hybridized carbons (Fsp3) is 0.667. The van der Waals surface area contributed by atoms with Crippen LogP contribution in [0.25, 0.3) is 0 Å². The van der Waals surface area contributed by atoms with Gasteiger partial charge in [0.2, 0.25) is 0 Å². The highest BCUT2D eigenvalue weighted by molar-refractivity contribution is 5.42. The van der Waals surface area contributed by atoms with Crippen molar-refractivity contribution >= 4 is 0 Å². The molecule has 1 fully saturated rings. The third-order valence-corrected chi connectivity index (χ3v) is 5.40. The fourth-order valence-corrected chi connectivity index (χ4v) is 4.21. The minimum Gasteiger partial charge on any atom is -0.497 e. The zero-order valence-corrected chi connectivity index (χ0v) is 13.2. The largest absolute Gasteiger partial charge is 0.497 e. The highest BCUT2D eigenvalue weighted by atomic mass is 16.5. The number of benzene rings is 1. The van der Waals surface area contributed by atoms with E-state index >= 15 is 0 Å². The Hall–Kier alpha value is -1.06. The average molecular weight is 288 g/mol. The first-order valence-electron chi connectivity index (χ1n) is 8.43. The van der Waals surface area contributed by atoms with E-state index in [9.17, 15) is 0 Å². The van der Waals surface area contributed by atoms with Crippen LogP contribution in [-0.4, -0.2) is 31.6 Å². The van der Waals surface area contributed by atoms with Gasteiger partial charge >= 0.3 is 0 Å². The Morgan fingerprint density at radius 1 is 1.14 bits per heavy atom. The number of aryl methyl sites for hydroxylation is 1. The lowest BCUT2D eigenvalue weighted by Crippen LogP contribution is -2.53. The van der Waals surface area contributed by atoms with Crippen molar-refractivity contribution in [3.63, 3.8) is 0 Å². The first-order chi connectivity index (χ1) is 10.3. The van der Waals surface area contributed by atoms with Crippen molar-refractivity contribution < 1.29 is 4.74 Å². The number of fused-ring (bicyclic) bond motifs is 1. The summed E-state index contributed by atoms with van der Waals surface area (Å²) in [6.45, 7) is 3.09. The summed E-state index contributed by atoms with van der Waals surface area (Å²) in [7, 11) is 1.75. The van der Waals surface area contributed by atoms with Crippen molar-refractivity contribution in [2.75, 3.05) is 26.7 Å². The molecular formula is C18H28N2O. The summed E-state index contributed by atoms with van der Waals surface area (Å²) in [5, 5.41) is 0. The second-order valence-corrected chi connectivity index (χ2v) is 6.51. The van der Waals surface area contributed by atoms with E-state index in [4.69, 9.17) is 10.5 Å². The molecule has 3 heteroatoms. The number of hydrogen-bond donors (Lipinski definition) is 1. The Morgan fingerprint density at radius 3 is 2.57 bits per heavy atom. The molecule has 116 valence electrons. The zero-order chi connectivity index (χ0) is 14.7. The van der Waals surface area contributed by atoms with Crippen LogP contribution in [0.4, 0.5) is 0 Å². The summed E-state index contributed by atoms with van der Waals surface area (Å²) >= 11 is 0. The highest BCUT2D eigenvalue weighted by Crippen LogP contribution is 2.42. The van der Waals surface area contributed by atoms with Gasteiger partial charge in [0.1, 0.15) is 5.75 Å². The number of nitrogens with zero attached hydrogens (tertiary/aromatic N) is 1. The van der Waals surface area contributed by atoms with E-state index in [1.54, 1.807) is 7.11 Å².